The van der Waals surface area contributed by atoms with Gasteiger partial charge < -0.3 is 15.1 Å². The zero-order chi connectivity index (χ0) is 14.8. The summed E-state index contributed by atoms with van der Waals surface area (Å²) in [5.41, 5.74) is 6.89. The molecule has 5 nitrogen and oxygen atoms in total. The van der Waals surface area contributed by atoms with Gasteiger partial charge in [-0.05, 0) is 12.1 Å². The molecule has 1 aliphatic rings. The smallest absolute Gasteiger partial charge is 0.359 e. The monoisotopic (exact) mass is 285 g/mol. The molecule has 1 aromatic carbocycles. The van der Waals surface area contributed by atoms with Crippen LogP contribution in [-0.4, -0.2) is 37.6 Å². The maximum Gasteiger partial charge on any atom is 0.359 e. The summed E-state index contributed by atoms with van der Waals surface area (Å²) in [5, 5.41) is 0.859. The lowest BCUT2D eigenvalue weighted by atomic mass is 10.1. The predicted octanol–water partition coefficient (Wildman–Crippen LogP) is 1.68. The van der Waals surface area contributed by atoms with Crippen LogP contribution in [0.25, 0.3) is 11.0 Å². The van der Waals surface area contributed by atoms with E-state index in [1.807, 2.05) is 24.3 Å². The van der Waals surface area contributed by atoms with Crippen molar-refractivity contribution in [3.8, 4) is 0 Å². The van der Waals surface area contributed by atoms with Crippen LogP contribution in [0.2, 0.25) is 0 Å². The summed E-state index contributed by atoms with van der Waals surface area (Å²) in [5.74, 6) is 0. The number of nitrogens with two attached hydrogens (primary N) is 1. The highest BCUT2D eigenvalue weighted by atomic mass is 16.4. The van der Waals surface area contributed by atoms with E-state index in [-0.39, 0.29) is 5.69 Å². The van der Waals surface area contributed by atoms with Crippen molar-refractivity contribution in [3.05, 3.63) is 47.3 Å². The number of piperazine rings is 1. The summed E-state index contributed by atoms with van der Waals surface area (Å²) in [6.45, 7) is 8.44. The van der Waals surface area contributed by atoms with Crippen molar-refractivity contribution in [2.24, 2.45) is 0 Å². The standard InChI is InChI=1S/C16H19N3O2/c1-2-6-18-7-9-19(10-8-18)14-5-3-4-12-11-13(17)16(20)21-15(12)14/h2-5,11H,1,6-10,17H2. The molecule has 3 rings (SSSR count). The maximum absolute atomic E-state index is 11.7. The summed E-state index contributed by atoms with van der Waals surface area (Å²) in [6.07, 6.45) is 1.93. The second kappa shape index (κ2) is 5.61. The molecule has 1 aliphatic heterocycles. The number of para-hydroxylation sites is 1. The quantitative estimate of drug-likeness (QED) is 0.687. The second-order valence-corrected chi connectivity index (χ2v) is 5.26. The van der Waals surface area contributed by atoms with Crippen LogP contribution >= 0.6 is 0 Å². The highest BCUT2D eigenvalue weighted by molar-refractivity contribution is 5.90. The van der Waals surface area contributed by atoms with Gasteiger partial charge in [-0.1, -0.05) is 18.2 Å². The minimum atomic E-state index is -0.472. The maximum atomic E-state index is 11.7. The zero-order valence-electron chi connectivity index (χ0n) is 11.9. The van der Waals surface area contributed by atoms with Crippen molar-refractivity contribution < 1.29 is 4.42 Å². The van der Waals surface area contributed by atoms with Crippen LogP contribution in [0.15, 0.2) is 46.1 Å². The molecule has 0 atom stereocenters. The van der Waals surface area contributed by atoms with Gasteiger partial charge in [-0.25, -0.2) is 4.79 Å². The van der Waals surface area contributed by atoms with Crippen molar-refractivity contribution >= 4 is 22.3 Å². The minimum absolute atomic E-state index is 0.149. The Hall–Kier alpha value is -2.27. The van der Waals surface area contributed by atoms with Crippen LogP contribution in [-0.2, 0) is 0 Å². The first-order chi connectivity index (χ1) is 10.2. The van der Waals surface area contributed by atoms with Crippen LogP contribution in [0, 0.1) is 0 Å². The molecule has 0 amide bonds. The first kappa shape index (κ1) is 13.7. The number of nitrogens with zero attached hydrogens (tertiary/aromatic N) is 2. The molecule has 1 saturated heterocycles. The van der Waals surface area contributed by atoms with Gasteiger partial charge in [-0.3, -0.25) is 4.90 Å². The molecule has 0 unspecified atom stereocenters. The minimum Gasteiger partial charge on any atom is -0.419 e. The number of nitrogen functional groups attached to an aromatic ring is 1. The molecule has 0 spiro atoms. The van der Waals surface area contributed by atoms with Gasteiger partial charge >= 0.3 is 5.63 Å². The fraction of sp³-hybridized carbons (Fsp3) is 0.312. The third-order valence-electron chi connectivity index (χ3n) is 3.87. The van der Waals surface area contributed by atoms with E-state index in [1.165, 1.54) is 0 Å². The van der Waals surface area contributed by atoms with E-state index in [0.717, 1.165) is 43.8 Å². The Balaban J connectivity index is 1.93. The fourth-order valence-electron chi connectivity index (χ4n) is 2.75. The van der Waals surface area contributed by atoms with Crippen molar-refractivity contribution in [1.82, 2.24) is 4.90 Å². The molecule has 2 heterocycles. The second-order valence-electron chi connectivity index (χ2n) is 5.26. The first-order valence-corrected chi connectivity index (χ1v) is 7.09. The van der Waals surface area contributed by atoms with Gasteiger partial charge in [-0.15, -0.1) is 6.58 Å². The third-order valence-corrected chi connectivity index (χ3v) is 3.87. The molecule has 2 N–H and O–H groups in total. The average molecular weight is 285 g/mol. The van der Waals surface area contributed by atoms with Gasteiger partial charge in [0.25, 0.3) is 0 Å². The molecular formula is C16H19N3O2. The lowest BCUT2D eigenvalue weighted by molar-refractivity contribution is 0.284. The highest BCUT2D eigenvalue weighted by Crippen LogP contribution is 2.27. The van der Waals surface area contributed by atoms with E-state index in [1.54, 1.807) is 6.07 Å². The van der Waals surface area contributed by atoms with E-state index >= 15 is 0 Å². The van der Waals surface area contributed by atoms with Crippen molar-refractivity contribution in [1.29, 1.82) is 0 Å². The number of hydrogen-bond donors (Lipinski definition) is 1. The number of benzene rings is 1. The Bertz CT molecular complexity index is 715. The zero-order valence-corrected chi connectivity index (χ0v) is 11.9. The number of fused-ring (bicyclic) bond motifs is 1. The molecule has 0 saturated carbocycles. The summed E-state index contributed by atoms with van der Waals surface area (Å²) in [6, 6.07) is 7.54. The Morgan fingerprint density at radius 3 is 2.76 bits per heavy atom. The van der Waals surface area contributed by atoms with Crippen molar-refractivity contribution in [2.45, 2.75) is 0 Å². The Morgan fingerprint density at radius 1 is 1.29 bits per heavy atom. The summed E-state index contributed by atoms with van der Waals surface area (Å²) >= 11 is 0. The van der Waals surface area contributed by atoms with Gasteiger partial charge in [0.2, 0.25) is 0 Å². The van der Waals surface area contributed by atoms with Gasteiger partial charge in [0, 0.05) is 38.1 Å². The molecule has 2 aromatic rings. The van der Waals surface area contributed by atoms with Gasteiger partial charge in [0.1, 0.15) is 5.69 Å². The predicted molar refractivity (Wildman–Crippen MR) is 85.7 cm³/mol. The van der Waals surface area contributed by atoms with Gasteiger partial charge in [0.05, 0.1) is 5.69 Å². The molecule has 1 fully saturated rings. The summed E-state index contributed by atoms with van der Waals surface area (Å²) < 4.78 is 5.40. The molecule has 0 radical (unpaired) electrons. The van der Waals surface area contributed by atoms with Crippen LogP contribution in [0.4, 0.5) is 11.4 Å². The van der Waals surface area contributed by atoms with Gasteiger partial charge in [-0.2, -0.15) is 0 Å². The normalized spacial score (nSPS) is 16.3. The molecule has 21 heavy (non-hydrogen) atoms. The number of hydrogen-bond acceptors (Lipinski definition) is 5. The van der Waals surface area contributed by atoms with Crippen LogP contribution in [0.5, 0.6) is 0 Å². The molecule has 5 heteroatoms. The van der Waals surface area contributed by atoms with Gasteiger partial charge in [0.15, 0.2) is 5.58 Å². The van der Waals surface area contributed by atoms with Crippen molar-refractivity contribution in [3.63, 3.8) is 0 Å². The molecule has 1 aromatic heterocycles. The Kier molecular flexibility index (Phi) is 3.66. The van der Waals surface area contributed by atoms with Crippen LogP contribution in [0.1, 0.15) is 0 Å². The number of anilines is 2. The number of rotatable bonds is 3. The summed E-state index contributed by atoms with van der Waals surface area (Å²) in [4.78, 5) is 16.3. The molecular weight excluding hydrogens is 266 g/mol. The lowest BCUT2D eigenvalue weighted by Crippen LogP contribution is -2.46. The Labute approximate surface area is 123 Å². The van der Waals surface area contributed by atoms with E-state index in [9.17, 15) is 4.79 Å². The fourth-order valence-corrected chi connectivity index (χ4v) is 2.75. The largest absolute Gasteiger partial charge is 0.419 e. The van der Waals surface area contributed by atoms with Crippen molar-refractivity contribution in [2.75, 3.05) is 43.4 Å². The molecule has 110 valence electrons. The first-order valence-electron chi connectivity index (χ1n) is 7.09. The lowest BCUT2D eigenvalue weighted by Gasteiger charge is -2.35. The SMILES string of the molecule is C=CCN1CCN(c2cccc3cc(N)c(=O)oc23)CC1. The Morgan fingerprint density at radius 2 is 2.05 bits per heavy atom. The van der Waals surface area contributed by atoms with Crippen LogP contribution < -0.4 is 16.3 Å². The molecule has 0 bridgehead atoms. The van der Waals surface area contributed by atoms with E-state index in [4.69, 9.17) is 10.2 Å². The molecule has 0 aliphatic carbocycles. The van der Waals surface area contributed by atoms with E-state index < -0.39 is 5.63 Å². The van der Waals surface area contributed by atoms with E-state index in [0.29, 0.717) is 5.58 Å². The third kappa shape index (κ3) is 2.64. The average Bonchev–Trinajstić information content (AvgIpc) is 2.49. The van der Waals surface area contributed by atoms with Crippen LogP contribution in [0.3, 0.4) is 0 Å². The van der Waals surface area contributed by atoms with E-state index in [2.05, 4.69) is 16.4 Å². The highest BCUT2D eigenvalue weighted by Gasteiger charge is 2.19. The summed E-state index contributed by atoms with van der Waals surface area (Å²) in [7, 11) is 0. The topological polar surface area (TPSA) is 62.7 Å².